The number of sulfonamides is 1. The van der Waals surface area contributed by atoms with Gasteiger partial charge in [0.25, 0.3) is 10.0 Å². The van der Waals surface area contributed by atoms with E-state index in [1.54, 1.807) is 0 Å². The molecule has 0 radical (unpaired) electrons. The fraction of sp³-hybridized carbons (Fsp3) is 0.125. The fourth-order valence-electron chi connectivity index (χ4n) is 2.51. The lowest BCUT2D eigenvalue weighted by Gasteiger charge is -2.34. The Balaban J connectivity index is 2.18. The maximum Gasteiger partial charge on any atom is 0.342 e. The lowest BCUT2D eigenvalue weighted by atomic mass is 10.2. The summed E-state index contributed by atoms with van der Waals surface area (Å²) in [5.74, 6) is -1.20. The van der Waals surface area contributed by atoms with Crippen molar-refractivity contribution in [2.75, 3.05) is 23.4 Å². The summed E-state index contributed by atoms with van der Waals surface area (Å²) in [6, 6.07) is 7.49. The third-order valence-corrected chi connectivity index (χ3v) is 5.53. The van der Waals surface area contributed by atoms with Gasteiger partial charge in [-0.25, -0.2) is 22.4 Å². The van der Waals surface area contributed by atoms with Crippen LogP contribution in [-0.2, 0) is 14.8 Å². The second kappa shape index (κ2) is 5.85. The van der Waals surface area contributed by atoms with Crippen molar-refractivity contribution in [2.45, 2.75) is 4.90 Å². The highest BCUT2D eigenvalue weighted by Crippen LogP contribution is 2.37. The Kier molecular flexibility index (Phi) is 3.96. The van der Waals surface area contributed by atoms with Crippen LogP contribution in [0.5, 0.6) is 0 Å². The predicted octanol–water partition coefficient (Wildman–Crippen LogP) is 2.38. The van der Waals surface area contributed by atoms with Crippen LogP contribution in [0.4, 0.5) is 20.6 Å². The average molecular weight is 364 g/mol. The first-order chi connectivity index (χ1) is 11.8. The molecule has 1 heterocycles. The first-order valence-corrected chi connectivity index (χ1v) is 8.52. The third kappa shape index (κ3) is 2.62. The molecule has 2 aromatic rings. The number of hydrogen-bond acceptors (Lipinski definition) is 5. The summed E-state index contributed by atoms with van der Waals surface area (Å²) < 4.78 is 44.0. The van der Waals surface area contributed by atoms with Gasteiger partial charge in [-0.1, -0.05) is 0 Å². The van der Waals surface area contributed by atoms with Crippen molar-refractivity contribution in [3.05, 3.63) is 53.8 Å². The van der Waals surface area contributed by atoms with Gasteiger partial charge in [0.05, 0.1) is 24.0 Å². The fourth-order valence-corrected chi connectivity index (χ4v) is 4.13. The molecule has 0 N–H and O–H groups in total. The number of benzene rings is 2. The molecule has 0 fully saturated rings. The van der Waals surface area contributed by atoms with Crippen molar-refractivity contribution < 1.29 is 27.1 Å². The summed E-state index contributed by atoms with van der Waals surface area (Å²) in [7, 11) is -1.63. The Hall–Kier alpha value is -2.94. The number of halogens is 1. The number of methoxy groups -OCH3 is 1. The van der Waals surface area contributed by atoms with Crippen LogP contribution in [0.25, 0.3) is 0 Å². The maximum absolute atomic E-state index is 13.1. The zero-order chi connectivity index (χ0) is 18.4. The third-order valence-electron chi connectivity index (χ3n) is 3.78. The van der Waals surface area contributed by atoms with Crippen LogP contribution in [0.2, 0.25) is 0 Å². The molecular weight excluding hydrogens is 351 g/mol. The molecular formula is C16H13FN2O5S. The molecule has 0 bridgehead atoms. The summed E-state index contributed by atoms with van der Waals surface area (Å²) in [6.45, 7) is 0. The molecule has 0 spiro atoms. The minimum atomic E-state index is -4.21. The lowest BCUT2D eigenvalue weighted by molar-refractivity contribution is 0.0600. The van der Waals surface area contributed by atoms with Crippen molar-refractivity contribution in [1.82, 2.24) is 0 Å². The number of ether oxygens (including phenoxy) is 1. The van der Waals surface area contributed by atoms with Gasteiger partial charge in [0, 0.05) is 7.05 Å². The summed E-state index contributed by atoms with van der Waals surface area (Å²) >= 11 is 0. The zero-order valence-corrected chi connectivity index (χ0v) is 14.1. The van der Waals surface area contributed by atoms with E-state index < -0.39 is 27.8 Å². The average Bonchev–Trinajstić information content (AvgIpc) is 2.60. The zero-order valence-electron chi connectivity index (χ0n) is 13.3. The number of anilines is 2. The van der Waals surface area contributed by atoms with Gasteiger partial charge in [-0.05, 0) is 42.5 Å². The van der Waals surface area contributed by atoms with E-state index in [2.05, 4.69) is 4.74 Å². The molecule has 0 atom stereocenters. The number of rotatable bonds is 2. The van der Waals surface area contributed by atoms with Crippen molar-refractivity contribution in [3.63, 3.8) is 0 Å². The first-order valence-electron chi connectivity index (χ1n) is 7.08. The number of carbonyl (C=O) groups excluding carboxylic acids is 2. The van der Waals surface area contributed by atoms with E-state index in [1.807, 2.05) is 0 Å². The lowest BCUT2D eigenvalue weighted by Crippen LogP contribution is -2.49. The summed E-state index contributed by atoms with van der Waals surface area (Å²) in [5, 5.41) is 0. The van der Waals surface area contributed by atoms with Crippen molar-refractivity contribution >= 4 is 33.4 Å². The summed E-state index contributed by atoms with van der Waals surface area (Å²) in [4.78, 5) is 25.2. The van der Waals surface area contributed by atoms with E-state index in [9.17, 15) is 22.4 Å². The molecule has 0 saturated carbocycles. The van der Waals surface area contributed by atoms with E-state index in [1.165, 1.54) is 44.5 Å². The smallest absolute Gasteiger partial charge is 0.342 e. The topological polar surface area (TPSA) is 84.0 Å². The van der Waals surface area contributed by atoms with Crippen molar-refractivity contribution in [3.8, 4) is 0 Å². The number of esters is 1. The largest absolute Gasteiger partial charge is 0.465 e. The Morgan fingerprint density at radius 1 is 1.12 bits per heavy atom. The molecule has 9 heteroatoms. The van der Waals surface area contributed by atoms with Crippen LogP contribution in [0.15, 0.2) is 47.4 Å². The second-order valence-corrected chi connectivity index (χ2v) is 7.02. The van der Waals surface area contributed by atoms with Crippen molar-refractivity contribution in [1.29, 1.82) is 0 Å². The van der Waals surface area contributed by atoms with Gasteiger partial charge in [0.2, 0.25) is 0 Å². The molecule has 3 rings (SSSR count). The molecule has 1 aliphatic heterocycles. The molecule has 0 aliphatic carbocycles. The van der Waals surface area contributed by atoms with Crippen molar-refractivity contribution in [2.24, 2.45) is 0 Å². The predicted molar refractivity (Wildman–Crippen MR) is 87.6 cm³/mol. The minimum Gasteiger partial charge on any atom is -0.465 e. The molecule has 2 amide bonds. The number of hydrogen-bond donors (Lipinski definition) is 0. The highest BCUT2D eigenvalue weighted by atomic mass is 32.2. The van der Waals surface area contributed by atoms with E-state index in [-0.39, 0.29) is 21.8 Å². The Bertz CT molecular complexity index is 973. The minimum absolute atomic E-state index is 0.0148. The maximum atomic E-state index is 13.1. The van der Waals surface area contributed by atoms with Gasteiger partial charge in [-0.3, -0.25) is 4.90 Å². The Labute approximate surface area is 143 Å². The Morgan fingerprint density at radius 3 is 2.36 bits per heavy atom. The van der Waals surface area contributed by atoms with Gasteiger partial charge >= 0.3 is 12.0 Å². The molecule has 7 nitrogen and oxygen atoms in total. The second-order valence-electron chi connectivity index (χ2n) is 5.26. The van der Waals surface area contributed by atoms with Gasteiger partial charge in [0.15, 0.2) is 0 Å². The van der Waals surface area contributed by atoms with E-state index in [0.29, 0.717) is 4.31 Å². The van der Waals surface area contributed by atoms with E-state index in [4.69, 9.17) is 0 Å². The van der Waals surface area contributed by atoms with Crippen LogP contribution >= 0.6 is 0 Å². The van der Waals surface area contributed by atoms with Gasteiger partial charge in [-0.15, -0.1) is 0 Å². The summed E-state index contributed by atoms with van der Waals surface area (Å²) in [5.41, 5.74) is 0.193. The normalized spacial score (nSPS) is 15.7. The van der Waals surface area contributed by atoms with Gasteiger partial charge in [-0.2, -0.15) is 4.31 Å². The standard InChI is InChI=1S/C16H13FN2O5S/c1-18-13-9-10(15(20)24-2)3-8-14(13)25(22,23)19(16(18)21)12-6-4-11(17)5-7-12/h3-9H,1-2H3. The van der Waals surface area contributed by atoms with E-state index >= 15 is 0 Å². The molecule has 0 unspecified atom stereocenters. The molecule has 25 heavy (non-hydrogen) atoms. The van der Waals surface area contributed by atoms with Gasteiger partial charge in [0.1, 0.15) is 10.7 Å². The number of amides is 2. The number of urea groups is 1. The van der Waals surface area contributed by atoms with Crippen LogP contribution in [-0.4, -0.2) is 34.6 Å². The van der Waals surface area contributed by atoms with Gasteiger partial charge < -0.3 is 4.74 Å². The Morgan fingerprint density at radius 2 is 1.76 bits per heavy atom. The highest BCUT2D eigenvalue weighted by molar-refractivity contribution is 7.94. The molecule has 1 aliphatic rings. The highest BCUT2D eigenvalue weighted by Gasteiger charge is 2.41. The van der Waals surface area contributed by atoms with E-state index in [0.717, 1.165) is 17.0 Å². The van der Waals surface area contributed by atoms with Crippen LogP contribution in [0.3, 0.4) is 0 Å². The number of carbonyl (C=O) groups is 2. The van der Waals surface area contributed by atoms with Crippen LogP contribution in [0, 0.1) is 5.82 Å². The molecule has 0 saturated heterocycles. The summed E-state index contributed by atoms with van der Waals surface area (Å²) in [6.07, 6.45) is 0. The molecule has 2 aromatic carbocycles. The first kappa shape index (κ1) is 16.9. The molecule has 0 aromatic heterocycles. The number of fused-ring (bicyclic) bond motifs is 1. The van der Waals surface area contributed by atoms with Crippen LogP contribution < -0.4 is 9.21 Å². The van der Waals surface area contributed by atoms with Crippen LogP contribution in [0.1, 0.15) is 10.4 Å². The monoisotopic (exact) mass is 364 g/mol. The number of nitrogens with zero attached hydrogens (tertiary/aromatic N) is 2. The molecule has 130 valence electrons. The SMILES string of the molecule is COC(=O)c1ccc2c(c1)N(C)C(=O)N(c1ccc(F)cc1)S2(=O)=O. The quantitative estimate of drug-likeness (QED) is 0.764.